The van der Waals surface area contributed by atoms with E-state index in [4.69, 9.17) is 45.9 Å². The number of unbranched alkanes of at least 4 members (excludes halogenated alkanes) is 9. The zero-order valence-corrected chi connectivity index (χ0v) is 56.0. The highest BCUT2D eigenvalue weighted by Gasteiger charge is 2.33. The molecule has 0 saturated carbocycles. The van der Waals surface area contributed by atoms with Crippen LogP contribution in [-0.4, -0.2) is 218 Å². The summed E-state index contributed by atoms with van der Waals surface area (Å²) in [6.45, 7) is 5.11. The van der Waals surface area contributed by atoms with E-state index in [9.17, 15) is 58.2 Å². The molecular weight excluding hydrogens is 1220 g/mol. The molecule has 0 aliphatic carbocycles. The molecular formula is C59H118N18O12S2. The second-order valence-corrected chi connectivity index (χ2v) is 25.0. The normalized spacial score (nSPS) is 14.5. The molecule has 0 aliphatic heterocycles. The predicted octanol–water partition coefficient (Wildman–Crippen LogP) is -4.03. The Morgan fingerprint density at radius 2 is 0.582 bits per heavy atom. The topological polar surface area (TPSA) is 540 Å². The molecule has 0 saturated heterocycles. The van der Waals surface area contributed by atoms with Crippen LogP contribution in [-0.2, 0) is 47.9 Å². The first-order chi connectivity index (χ1) is 43.7. The average molecular weight is 1340 g/mol. The third-order valence-corrected chi connectivity index (χ3v) is 17.1. The van der Waals surface area contributed by atoms with Gasteiger partial charge in [-0.15, -0.1) is 0 Å². The number of amides is 10. The van der Waals surface area contributed by atoms with Crippen LogP contribution in [0.5, 0.6) is 0 Å². The van der Waals surface area contributed by atoms with Gasteiger partial charge in [-0.05, 0) is 129 Å². The lowest BCUT2D eigenvalue weighted by Crippen LogP contribution is -2.59. The fourth-order valence-corrected chi connectivity index (χ4v) is 11.1. The standard InChI is InChI=1S/C59H118N18O12S2/c1-3-5-7-15-31-71-55(85)47(37-79)75-59(89)49(77-57(87)45(73-53(83)43(67)21-9-13-27-61)25-11-17-33-69-51(81)41(65)23-19-29-63)39-91-35-34-90-38-48(58(88)74-46(36-78)54(84)70-30-14-6-4-2)76-56(86)44(72-52(82)42(66)20-8-12-26-60)24-10-16-32-68-50(80)40(64)22-18-28-62/h40-49,78-79H,3-39,60-67H2,1-2H3,(H,68,80)(H,69,81)(H,70,84)(H,71,85)(H,72,82)(H,73,83)(H,74,88)(H,75,89)(H,76,86)(H,77,87). The highest BCUT2D eigenvalue weighted by Crippen LogP contribution is 2.14. The molecule has 0 fully saturated rings. The Balaban J connectivity index is 6.87. The summed E-state index contributed by atoms with van der Waals surface area (Å²) in [4.78, 5) is 135. The summed E-state index contributed by atoms with van der Waals surface area (Å²) in [5.41, 5.74) is 46.9. The van der Waals surface area contributed by atoms with E-state index < -0.39 is 121 Å². The number of nitrogens with two attached hydrogens (primary N) is 8. The summed E-state index contributed by atoms with van der Waals surface area (Å²) in [5, 5.41) is 47.6. The maximum absolute atomic E-state index is 14.3. The molecule has 0 heterocycles. The van der Waals surface area contributed by atoms with Crippen molar-refractivity contribution in [2.24, 2.45) is 45.9 Å². The zero-order chi connectivity index (χ0) is 68.2. The first-order valence-corrected chi connectivity index (χ1v) is 35.1. The minimum Gasteiger partial charge on any atom is -0.394 e. The SMILES string of the molecule is CCCCCCNC(=O)C(CO)NC(=O)C(CSCCSCC(NC(=O)C(CCCCNC(=O)C(N)CCCN)NC(=O)C(N)CCCCN)C(=O)NC(CO)C(=O)NCCCCC)NC(=O)C(CCCCNC(=O)C(N)CCCN)NC(=O)C(N)CCCCN. The molecule has 0 bridgehead atoms. The second-order valence-electron chi connectivity index (χ2n) is 22.7. The molecule has 0 aliphatic rings. The van der Waals surface area contributed by atoms with Crippen molar-refractivity contribution in [3.8, 4) is 0 Å². The van der Waals surface area contributed by atoms with Crippen molar-refractivity contribution in [1.82, 2.24) is 53.2 Å². The molecule has 28 N–H and O–H groups in total. The highest BCUT2D eigenvalue weighted by molar-refractivity contribution is 8.03. The van der Waals surface area contributed by atoms with E-state index in [1.54, 1.807) is 0 Å². The molecule has 10 amide bonds. The van der Waals surface area contributed by atoms with E-state index in [-0.39, 0.29) is 73.6 Å². The van der Waals surface area contributed by atoms with Crippen molar-refractivity contribution in [3.63, 3.8) is 0 Å². The van der Waals surface area contributed by atoms with E-state index in [0.717, 1.165) is 32.1 Å². The van der Waals surface area contributed by atoms with E-state index in [0.29, 0.717) is 129 Å². The molecule has 0 aromatic heterocycles. The largest absolute Gasteiger partial charge is 0.394 e. The molecule has 0 aromatic rings. The second kappa shape index (κ2) is 55.5. The molecule has 10 unspecified atom stereocenters. The number of hydrogen-bond donors (Lipinski definition) is 20. The lowest BCUT2D eigenvalue weighted by Gasteiger charge is -2.26. The first-order valence-electron chi connectivity index (χ1n) is 32.8. The van der Waals surface area contributed by atoms with Gasteiger partial charge in [0.25, 0.3) is 0 Å². The average Bonchev–Trinajstić information content (AvgIpc) is 3.68. The van der Waals surface area contributed by atoms with Gasteiger partial charge in [-0.1, -0.05) is 58.8 Å². The molecule has 0 aromatic carbocycles. The number of hydrogen-bond acceptors (Lipinski definition) is 22. The quantitative estimate of drug-likeness (QED) is 0.0258. The Morgan fingerprint density at radius 3 is 0.934 bits per heavy atom. The maximum Gasteiger partial charge on any atom is 0.244 e. The Bertz CT molecular complexity index is 2060. The van der Waals surface area contributed by atoms with Gasteiger partial charge in [-0.25, -0.2) is 0 Å². The van der Waals surface area contributed by atoms with Crippen LogP contribution in [0.1, 0.15) is 162 Å². The molecule has 30 nitrogen and oxygen atoms in total. The monoisotopic (exact) mass is 1330 g/mol. The van der Waals surface area contributed by atoms with Gasteiger partial charge < -0.3 is 109 Å². The van der Waals surface area contributed by atoms with Crippen molar-refractivity contribution in [1.29, 1.82) is 0 Å². The molecule has 0 spiro atoms. The van der Waals surface area contributed by atoms with Gasteiger partial charge in [0.05, 0.1) is 37.4 Å². The van der Waals surface area contributed by atoms with Crippen molar-refractivity contribution in [3.05, 3.63) is 0 Å². The number of aliphatic hydroxyl groups excluding tert-OH is 2. The van der Waals surface area contributed by atoms with E-state index >= 15 is 0 Å². The lowest BCUT2D eigenvalue weighted by molar-refractivity contribution is -0.134. The van der Waals surface area contributed by atoms with E-state index in [1.807, 2.05) is 13.8 Å². The van der Waals surface area contributed by atoms with Gasteiger partial charge in [0.15, 0.2) is 0 Å². The Hall–Kier alpha value is -5.00. The van der Waals surface area contributed by atoms with Gasteiger partial charge >= 0.3 is 0 Å². The molecule has 528 valence electrons. The van der Waals surface area contributed by atoms with Gasteiger partial charge in [0.2, 0.25) is 59.1 Å². The van der Waals surface area contributed by atoms with Crippen LogP contribution in [0.4, 0.5) is 0 Å². The van der Waals surface area contributed by atoms with Crippen LogP contribution in [0, 0.1) is 0 Å². The molecule has 32 heteroatoms. The Morgan fingerprint density at radius 1 is 0.308 bits per heavy atom. The number of thioether (sulfide) groups is 2. The first kappa shape index (κ1) is 86.0. The molecule has 10 atom stereocenters. The lowest BCUT2D eigenvalue weighted by atomic mass is 10.1. The van der Waals surface area contributed by atoms with Crippen LogP contribution >= 0.6 is 23.5 Å². The third-order valence-electron chi connectivity index (χ3n) is 14.7. The smallest absolute Gasteiger partial charge is 0.244 e. The minimum absolute atomic E-state index is 0.0647. The Kier molecular flexibility index (Phi) is 52.4. The molecule has 91 heavy (non-hydrogen) atoms. The predicted molar refractivity (Wildman–Crippen MR) is 358 cm³/mol. The fourth-order valence-electron chi connectivity index (χ4n) is 8.90. The summed E-state index contributed by atoms with van der Waals surface area (Å²) in [7, 11) is 0. The summed E-state index contributed by atoms with van der Waals surface area (Å²) in [6, 6.07) is -11.4. The van der Waals surface area contributed by atoms with Crippen LogP contribution < -0.4 is 99.0 Å². The summed E-state index contributed by atoms with van der Waals surface area (Å²) in [5.74, 6) is -6.02. The van der Waals surface area contributed by atoms with E-state index in [1.165, 1.54) is 23.5 Å². The number of rotatable bonds is 58. The number of nitrogens with one attached hydrogen (secondary N) is 10. The van der Waals surface area contributed by atoms with Crippen molar-refractivity contribution >= 4 is 82.6 Å². The zero-order valence-electron chi connectivity index (χ0n) is 54.3. The van der Waals surface area contributed by atoms with Crippen molar-refractivity contribution < 1.29 is 58.2 Å². The number of carbonyl (C=O) groups excluding carboxylic acids is 10. The molecule has 0 rings (SSSR count). The van der Waals surface area contributed by atoms with Crippen LogP contribution in [0.25, 0.3) is 0 Å². The van der Waals surface area contributed by atoms with Crippen molar-refractivity contribution in [2.75, 3.05) is 88.6 Å². The minimum atomic E-state index is -1.38. The highest BCUT2D eigenvalue weighted by atomic mass is 32.2. The van der Waals surface area contributed by atoms with Gasteiger partial charge in [0.1, 0.15) is 36.3 Å². The van der Waals surface area contributed by atoms with Gasteiger partial charge in [-0.2, -0.15) is 23.5 Å². The fraction of sp³-hybridized carbons (Fsp3) is 0.831. The van der Waals surface area contributed by atoms with Crippen LogP contribution in [0.15, 0.2) is 0 Å². The van der Waals surface area contributed by atoms with Gasteiger partial charge in [0, 0.05) is 49.2 Å². The van der Waals surface area contributed by atoms with Gasteiger partial charge in [-0.3, -0.25) is 47.9 Å². The van der Waals surface area contributed by atoms with Crippen molar-refractivity contribution in [2.45, 2.75) is 222 Å². The maximum atomic E-state index is 14.3. The third kappa shape index (κ3) is 41.4. The van der Waals surface area contributed by atoms with Crippen LogP contribution in [0.2, 0.25) is 0 Å². The van der Waals surface area contributed by atoms with E-state index in [2.05, 4.69) is 53.2 Å². The number of aliphatic hydroxyl groups is 2. The molecule has 0 radical (unpaired) electrons. The summed E-state index contributed by atoms with van der Waals surface area (Å²) < 4.78 is 0. The van der Waals surface area contributed by atoms with Crippen LogP contribution in [0.3, 0.4) is 0 Å². The Labute approximate surface area is 548 Å². The number of carbonyl (C=O) groups is 10. The summed E-state index contributed by atoms with van der Waals surface area (Å²) in [6.07, 6.45) is 12.3. The summed E-state index contributed by atoms with van der Waals surface area (Å²) >= 11 is 2.41.